The first-order valence-electron chi connectivity index (χ1n) is 13.9. The number of hydrogen-bond donors (Lipinski definition) is 1. The average molecular weight is 558 g/mol. The maximum Gasteiger partial charge on any atom is 0.272 e. The maximum atomic E-state index is 13.3. The standard InChI is InChI=1S/C31H35N5O5/c1-20-14-26(33-21(2)32-20)31(39)36-13-12-28-27(17-36)34-29(37)18-35(3)30(38)11-10-22-6-4-8-24(15-22)41-25-9-5-7-23(16-25)19-40-28/h4-9,14-16,27-28H,10-13,17-19H2,1-3H3,(H,34,37)/t27-,28+/m0/s1. The largest absolute Gasteiger partial charge is 0.457 e. The number of benzene rings is 2. The Morgan fingerprint density at radius 3 is 2.46 bits per heavy atom. The predicted molar refractivity (Wildman–Crippen MR) is 151 cm³/mol. The molecule has 0 saturated carbocycles. The molecule has 1 aromatic heterocycles. The topological polar surface area (TPSA) is 114 Å². The molecule has 2 aromatic carbocycles. The highest BCUT2D eigenvalue weighted by Crippen LogP contribution is 2.25. The molecule has 0 spiro atoms. The molecule has 0 unspecified atom stereocenters. The lowest BCUT2D eigenvalue weighted by molar-refractivity contribution is -0.135. The minimum absolute atomic E-state index is 0.0918. The number of piperidine rings is 1. The lowest BCUT2D eigenvalue weighted by atomic mass is 10.0. The third-order valence-electron chi connectivity index (χ3n) is 7.30. The number of nitrogens with one attached hydrogen (secondary N) is 1. The molecule has 3 amide bonds. The molecular weight excluding hydrogens is 522 g/mol. The van der Waals surface area contributed by atoms with E-state index in [4.69, 9.17) is 9.47 Å². The summed E-state index contributed by atoms with van der Waals surface area (Å²) in [6.45, 7) is 4.51. The quantitative estimate of drug-likeness (QED) is 0.489. The number of nitrogens with zero attached hydrogens (tertiary/aromatic N) is 4. The minimum atomic E-state index is -0.467. The molecule has 2 atom stereocenters. The molecule has 3 heterocycles. The van der Waals surface area contributed by atoms with Gasteiger partial charge in [0.25, 0.3) is 5.91 Å². The van der Waals surface area contributed by atoms with Gasteiger partial charge in [0.05, 0.1) is 25.3 Å². The molecule has 1 N–H and O–H groups in total. The van der Waals surface area contributed by atoms with E-state index in [1.807, 2.05) is 55.5 Å². The molecule has 1 saturated heterocycles. The van der Waals surface area contributed by atoms with Crippen LogP contribution in [0.5, 0.6) is 11.5 Å². The number of carbonyl (C=O) groups excluding carboxylic acids is 3. The summed E-state index contributed by atoms with van der Waals surface area (Å²) in [5.74, 6) is 1.24. The molecule has 5 rings (SSSR count). The maximum absolute atomic E-state index is 13.3. The van der Waals surface area contributed by atoms with Gasteiger partial charge < -0.3 is 24.6 Å². The van der Waals surface area contributed by atoms with Crippen molar-refractivity contribution in [2.75, 3.05) is 26.7 Å². The van der Waals surface area contributed by atoms with Gasteiger partial charge in [-0.3, -0.25) is 14.4 Å². The van der Waals surface area contributed by atoms with E-state index >= 15 is 0 Å². The van der Waals surface area contributed by atoms with Gasteiger partial charge in [-0.25, -0.2) is 9.97 Å². The zero-order valence-electron chi connectivity index (χ0n) is 23.6. The van der Waals surface area contributed by atoms with Crippen molar-refractivity contribution in [3.8, 4) is 11.5 Å². The number of likely N-dealkylation sites (N-methyl/N-ethyl adjacent to an activating group) is 1. The highest BCUT2D eigenvalue weighted by molar-refractivity contribution is 5.92. The van der Waals surface area contributed by atoms with Gasteiger partial charge in [-0.05, 0) is 68.1 Å². The summed E-state index contributed by atoms with van der Waals surface area (Å²) in [6.07, 6.45) is 0.979. The van der Waals surface area contributed by atoms with E-state index in [0.29, 0.717) is 49.0 Å². The normalized spacial score (nSPS) is 20.3. The summed E-state index contributed by atoms with van der Waals surface area (Å²) in [5, 5.41) is 3.04. The first kappa shape index (κ1) is 28.2. The molecule has 4 bridgehead atoms. The monoisotopic (exact) mass is 557 g/mol. The lowest BCUT2D eigenvalue weighted by Gasteiger charge is -2.39. The lowest BCUT2D eigenvalue weighted by Crippen LogP contribution is -2.58. The van der Waals surface area contributed by atoms with Crippen molar-refractivity contribution in [1.29, 1.82) is 0 Å². The van der Waals surface area contributed by atoms with Gasteiger partial charge in [-0.2, -0.15) is 0 Å². The Morgan fingerprint density at radius 2 is 1.71 bits per heavy atom. The number of ether oxygens (including phenoxy) is 2. The smallest absolute Gasteiger partial charge is 0.272 e. The van der Waals surface area contributed by atoms with Crippen LogP contribution in [0.25, 0.3) is 0 Å². The predicted octanol–water partition coefficient (Wildman–Crippen LogP) is 3.21. The summed E-state index contributed by atoms with van der Waals surface area (Å²) in [6, 6.07) is 16.6. The van der Waals surface area contributed by atoms with Crippen LogP contribution in [-0.4, -0.2) is 76.3 Å². The van der Waals surface area contributed by atoms with E-state index in [-0.39, 0.29) is 43.3 Å². The number of likely N-dealkylation sites (tertiary alicyclic amines) is 1. The Morgan fingerprint density at radius 1 is 0.976 bits per heavy atom. The van der Waals surface area contributed by atoms with E-state index in [2.05, 4.69) is 15.3 Å². The number of rotatable bonds is 1. The fourth-order valence-electron chi connectivity index (χ4n) is 5.24. The van der Waals surface area contributed by atoms with Crippen LogP contribution < -0.4 is 10.1 Å². The van der Waals surface area contributed by atoms with Gasteiger partial charge in [0.15, 0.2) is 0 Å². The van der Waals surface area contributed by atoms with Gasteiger partial charge in [0, 0.05) is 32.3 Å². The van der Waals surface area contributed by atoms with Gasteiger partial charge in [0.1, 0.15) is 23.0 Å². The number of carbonyl (C=O) groups is 3. The molecule has 214 valence electrons. The zero-order valence-corrected chi connectivity index (χ0v) is 23.6. The second-order valence-corrected chi connectivity index (χ2v) is 10.7. The van der Waals surface area contributed by atoms with Gasteiger partial charge in [0.2, 0.25) is 11.8 Å². The highest BCUT2D eigenvalue weighted by Gasteiger charge is 2.34. The molecule has 10 nitrogen and oxygen atoms in total. The zero-order chi connectivity index (χ0) is 28.9. The SMILES string of the molecule is Cc1cc(C(=O)N2CC[C@H]3OCc4cccc(c4)Oc4cccc(c4)CCC(=O)N(C)CC(=O)N[C@H]3C2)nc(C)n1. The number of amides is 3. The highest BCUT2D eigenvalue weighted by atomic mass is 16.5. The molecule has 2 aliphatic rings. The Kier molecular flexibility index (Phi) is 8.58. The molecule has 1 fully saturated rings. The summed E-state index contributed by atoms with van der Waals surface area (Å²) < 4.78 is 12.4. The van der Waals surface area contributed by atoms with Crippen LogP contribution in [0.3, 0.4) is 0 Å². The van der Waals surface area contributed by atoms with Gasteiger partial charge in [-0.1, -0.05) is 24.3 Å². The number of aryl methyl sites for hydroxylation is 3. The van der Waals surface area contributed by atoms with Crippen LogP contribution in [0, 0.1) is 13.8 Å². The second kappa shape index (κ2) is 12.5. The average Bonchev–Trinajstić information content (AvgIpc) is 2.94. The fraction of sp³-hybridized carbons (Fsp3) is 0.387. The Labute approximate surface area is 239 Å². The van der Waals surface area contributed by atoms with Gasteiger partial charge in [-0.15, -0.1) is 0 Å². The van der Waals surface area contributed by atoms with E-state index in [1.54, 1.807) is 24.9 Å². The van der Waals surface area contributed by atoms with Crippen molar-refractivity contribution in [3.05, 3.63) is 82.9 Å². The van der Waals surface area contributed by atoms with Crippen LogP contribution in [-0.2, 0) is 27.4 Å². The van der Waals surface area contributed by atoms with Crippen molar-refractivity contribution in [3.63, 3.8) is 0 Å². The van der Waals surface area contributed by atoms with Crippen LogP contribution in [0.2, 0.25) is 0 Å². The first-order valence-corrected chi connectivity index (χ1v) is 13.9. The molecule has 0 aliphatic carbocycles. The van der Waals surface area contributed by atoms with Crippen molar-refractivity contribution < 1.29 is 23.9 Å². The van der Waals surface area contributed by atoms with E-state index in [9.17, 15) is 14.4 Å². The molecule has 10 heteroatoms. The first-order chi connectivity index (χ1) is 19.7. The van der Waals surface area contributed by atoms with E-state index in [0.717, 1.165) is 16.8 Å². The van der Waals surface area contributed by atoms with Crippen molar-refractivity contribution in [2.45, 2.75) is 51.9 Å². The van der Waals surface area contributed by atoms with Crippen molar-refractivity contribution >= 4 is 17.7 Å². The summed E-state index contributed by atoms with van der Waals surface area (Å²) in [5.41, 5.74) is 2.95. The molecule has 2 aliphatic heterocycles. The van der Waals surface area contributed by atoms with Crippen LogP contribution in [0.1, 0.15) is 46.0 Å². The number of fused-ring (bicyclic) bond motifs is 5. The Hall–Kier alpha value is -4.31. The van der Waals surface area contributed by atoms with E-state index < -0.39 is 6.04 Å². The van der Waals surface area contributed by atoms with Crippen LogP contribution in [0.4, 0.5) is 0 Å². The Balaban J connectivity index is 1.37. The van der Waals surface area contributed by atoms with Crippen molar-refractivity contribution in [1.82, 2.24) is 25.1 Å². The molecule has 41 heavy (non-hydrogen) atoms. The molecule has 0 radical (unpaired) electrons. The molecule has 3 aromatic rings. The van der Waals surface area contributed by atoms with Crippen LogP contribution >= 0.6 is 0 Å². The van der Waals surface area contributed by atoms with E-state index in [1.165, 1.54) is 4.90 Å². The van der Waals surface area contributed by atoms with Crippen LogP contribution in [0.15, 0.2) is 54.6 Å². The molecular formula is C31H35N5O5. The number of aromatic nitrogens is 2. The second-order valence-electron chi connectivity index (χ2n) is 10.7. The third kappa shape index (κ3) is 7.26. The van der Waals surface area contributed by atoms with Crippen molar-refractivity contribution in [2.24, 2.45) is 0 Å². The summed E-state index contributed by atoms with van der Waals surface area (Å²) in [7, 11) is 1.62. The van der Waals surface area contributed by atoms with Gasteiger partial charge >= 0.3 is 0 Å². The minimum Gasteiger partial charge on any atom is -0.457 e. The third-order valence-corrected chi connectivity index (χ3v) is 7.30. The Bertz CT molecular complexity index is 1420. The summed E-state index contributed by atoms with van der Waals surface area (Å²) in [4.78, 5) is 51.0. The number of hydrogen-bond acceptors (Lipinski definition) is 7. The summed E-state index contributed by atoms with van der Waals surface area (Å²) >= 11 is 0. The fourth-order valence-corrected chi connectivity index (χ4v) is 5.24.